The highest BCUT2D eigenvalue weighted by Gasteiger charge is 2.35. The third-order valence-electron chi connectivity index (χ3n) is 3.51. The minimum absolute atomic E-state index is 0.341. The molecular formula is C14H12N2. The molecule has 0 bridgehead atoms. The van der Waals surface area contributed by atoms with Gasteiger partial charge in [-0.2, -0.15) is 0 Å². The zero-order valence-corrected chi connectivity index (χ0v) is 8.85. The van der Waals surface area contributed by atoms with Gasteiger partial charge in [0.25, 0.3) is 0 Å². The van der Waals surface area contributed by atoms with Crippen molar-refractivity contribution in [2.24, 2.45) is 0 Å². The molecule has 4 rings (SSSR count). The normalized spacial score (nSPS) is 20.0. The maximum atomic E-state index is 3.58. The SMILES string of the molecule is c1ccc2c(c1)CN1c3ccccc3NC21. The summed E-state index contributed by atoms with van der Waals surface area (Å²) in [7, 11) is 0. The quantitative estimate of drug-likeness (QED) is 0.715. The predicted octanol–water partition coefficient (Wildman–Crippen LogP) is 3.13. The van der Waals surface area contributed by atoms with Crippen molar-refractivity contribution < 1.29 is 0 Å². The van der Waals surface area contributed by atoms with Gasteiger partial charge in [-0.15, -0.1) is 0 Å². The number of fused-ring (bicyclic) bond motifs is 5. The molecule has 78 valence electrons. The third kappa shape index (κ3) is 0.915. The summed E-state index contributed by atoms with van der Waals surface area (Å²) in [6, 6.07) is 17.2. The van der Waals surface area contributed by atoms with Crippen LogP contribution in [0, 0.1) is 0 Å². The van der Waals surface area contributed by atoms with Gasteiger partial charge in [0.05, 0.1) is 11.4 Å². The molecule has 16 heavy (non-hydrogen) atoms. The Balaban J connectivity index is 1.86. The Hall–Kier alpha value is -1.96. The van der Waals surface area contributed by atoms with Crippen molar-refractivity contribution in [1.29, 1.82) is 0 Å². The van der Waals surface area contributed by atoms with E-state index < -0.39 is 0 Å². The third-order valence-corrected chi connectivity index (χ3v) is 3.51. The molecule has 1 unspecified atom stereocenters. The summed E-state index contributed by atoms with van der Waals surface area (Å²) in [6.45, 7) is 1.02. The number of hydrogen-bond donors (Lipinski definition) is 1. The van der Waals surface area contributed by atoms with E-state index in [2.05, 4.69) is 58.7 Å². The van der Waals surface area contributed by atoms with Gasteiger partial charge in [-0.1, -0.05) is 36.4 Å². The molecular weight excluding hydrogens is 196 g/mol. The van der Waals surface area contributed by atoms with Gasteiger partial charge in [0, 0.05) is 6.54 Å². The molecule has 0 amide bonds. The average Bonchev–Trinajstić information content (AvgIpc) is 2.85. The minimum Gasteiger partial charge on any atom is -0.360 e. The van der Waals surface area contributed by atoms with E-state index >= 15 is 0 Å². The molecule has 0 aliphatic carbocycles. The van der Waals surface area contributed by atoms with Crippen molar-refractivity contribution in [2.75, 3.05) is 10.2 Å². The first-order valence-corrected chi connectivity index (χ1v) is 5.63. The summed E-state index contributed by atoms with van der Waals surface area (Å²) in [6.07, 6.45) is 0.341. The van der Waals surface area contributed by atoms with E-state index in [4.69, 9.17) is 0 Å². The lowest BCUT2D eigenvalue weighted by molar-refractivity contribution is 0.783. The monoisotopic (exact) mass is 208 g/mol. The van der Waals surface area contributed by atoms with Gasteiger partial charge in [-0.05, 0) is 23.3 Å². The van der Waals surface area contributed by atoms with Crippen LogP contribution < -0.4 is 10.2 Å². The van der Waals surface area contributed by atoms with Crippen LogP contribution in [0.5, 0.6) is 0 Å². The maximum absolute atomic E-state index is 3.58. The highest BCUT2D eigenvalue weighted by Crippen LogP contribution is 2.46. The van der Waals surface area contributed by atoms with Crippen molar-refractivity contribution in [3.63, 3.8) is 0 Å². The van der Waals surface area contributed by atoms with Crippen LogP contribution in [0.1, 0.15) is 17.3 Å². The largest absolute Gasteiger partial charge is 0.360 e. The van der Waals surface area contributed by atoms with Crippen LogP contribution in [0.2, 0.25) is 0 Å². The second-order valence-electron chi connectivity index (χ2n) is 4.39. The molecule has 2 nitrogen and oxygen atoms in total. The zero-order valence-electron chi connectivity index (χ0n) is 8.85. The predicted molar refractivity (Wildman–Crippen MR) is 65.4 cm³/mol. The topological polar surface area (TPSA) is 15.3 Å². The molecule has 0 aromatic heterocycles. The van der Waals surface area contributed by atoms with Gasteiger partial charge < -0.3 is 10.2 Å². The molecule has 0 fully saturated rings. The second-order valence-corrected chi connectivity index (χ2v) is 4.39. The maximum Gasteiger partial charge on any atom is 0.126 e. The molecule has 2 heterocycles. The lowest BCUT2D eigenvalue weighted by Crippen LogP contribution is -2.19. The molecule has 2 aromatic rings. The summed E-state index contributed by atoms with van der Waals surface area (Å²) >= 11 is 0. The number of nitrogens with one attached hydrogen (secondary N) is 1. The van der Waals surface area contributed by atoms with Crippen LogP contribution in [-0.2, 0) is 6.54 Å². The van der Waals surface area contributed by atoms with Crippen molar-refractivity contribution in [3.05, 3.63) is 59.7 Å². The van der Waals surface area contributed by atoms with Gasteiger partial charge in [0.1, 0.15) is 6.17 Å². The Morgan fingerprint density at radius 3 is 2.81 bits per heavy atom. The summed E-state index contributed by atoms with van der Waals surface area (Å²) in [5.74, 6) is 0. The molecule has 0 radical (unpaired) electrons. The number of rotatable bonds is 0. The molecule has 1 N–H and O–H groups in total. The molecule has 0 saturated carbocycles. The van der Waals surface area contributed by atoms with E-state index in [1.54, 1.807) is 0 Å². The first-order valence-electron chi connectivity index (χ1n) is 5.63. The summed E-state index contributed by atoms with van der Waals surface area (Å²) < 4.78 is 0. The van der Waals surface area contributed by atoms with E-state index in [9.17, 15) is 0 Å². The van der Waals surface area contributed by atoms with E-state index in [0.29, 0.717) is 6.17 Å². The zero-order chi connectivity index (χ0) is 10.5. The van der Waals surface area contributed by atoms with Crippen LogP contribution >= 0.6 is 0 Å². The lowest BCUT2D eigenvalue weighted by Gasteiger charge is -2.17. The standard InChI is InChI=1S/C14H12N2/c1-2-6-11-10(5-1)9-16-13-8-4-3-7-12(13)15-14(11)16/h1-8,14-15H,9H2. The second kappa shape index (κ2) is 2.79. The number of anilines is 2. The highest BCUT2D eigenvalue weighted by molar-refractivity contribution is 5.78. The number of nitrogens with zero attached hydrogens (tertiary/aromatic N) is 1. The van der Waals surface area contributed by atoms with Crippen LogP contribution in [0.4, 0.5) is 11.4 Å². The fourth-order valence-electron chi connectivity index (χ4n) is 2.76. The first kappa shape index (κ1) is 8.22. The van der Waals surface area contributed by atoms with Crippen LogP contribution in [0.25, 0.3) is 0 Å². The van der Waals surface area contributed by atoms with Crippen LogP contribution in [0.15, 0.2) is 48.5 Å². The van der Waals surface area contributed by atoms with Crippen molar-refractivity contribution in [1.82, 2.24) is 0 Å². The fourth-order valence-corrected chi connectivity index (χ4v) is 2.76. The van der Waals surface area contributed by atoms with Gasteiger partial charge >= 0.3 is 0 Å². The fraction of sp³-hybridized carbons (Fsp3) is 0.143. The van der Waals surface area contributed by atoms with Gasteiger partial charge in [0.15, 0.2) is 0 Å². The van der Waals surface area contributed by atoms with Crippen molar-refractivity contribution >= 4 is 11.4 Å². The van der Waals surface area contributed by atoms with E-state index in [0.717, 1.165) is 6.54 Å². The molecule has 0 saturated heterocycles. The van der Waals surface area contributed by atoms with E-state index in [1.165, 1.54) is 22.5 Å². The molecule has 2 aromatic carbocycles. The molecule has 0 spiro atoms. The number of para-hydroxylation sites is 2. The Labute approximate surface area is 94.5 Å². The van der Waals surface area contributed by atoms with Gasteiger partial charge in [0.2, 0.25) is 0 Å². The molecule has 2 heteroatoms. The Kier molecular flexibility index (Phi) is 1.43. The smallest absolute Gasteiger partial charge is 0.126 e. The Morgan fingerprint density at radius 2 is 1.81 bits per heavy atom. The number of benzene rings is 2. The first-order chi connectivity index (χ1) is 7.93. The van der Waals surface area contributed by atoms with Crippen molar-refractivity contribution in [3.8, 4) is 0 Å². The summed E-state index contributed by atoms with van der Waals surface area (Å²) in [5, 5.41) is 3.58. The van der Waals surface area contributed by atoms with Crippen molar-refractivity contribution in [2.45, 2.75) is 12.7 Å². The van der Waals surface area contributed by atoms with Gasteiger partial charge in [-0.3, -0.25) is 0 Å². The Bertz CT molecular complexity index is 511. The minimum atomic E-state index is 0.341. The molecule has 2 aliphatic rings. The summed E-state index contributed by atoms with van der Waals surface area (Å²) in [5.41, 5.74) is 5.43. The lowest BCUT2D eigenvalue weighted by atomic mass is 10.1. The Morgan fingerprint density at radius 1 is 1.00 bits per heavy atom. The highest BCUT2D eigenvalue weighted by atomic mass is 15.3. The van der Waals surface area contributed by atoms with E-state index in [-0.39, 0.29) is 0 Å². The summed E-state index contributed by atoms with van der Waals surface area (Å²) in [4.78, 5) is 2.43. The van der Waals surface area contributed by atoms with E-state index in [1.807, 2.05) is 0 Å². The van der Waals surface area contributed by atoms with Crippen LogP contribution in [-0.4, -0.2) is 0 Å². The van der Waals surface area contributed by atoms with Gasteiger partial charge in [-0.25, -0.2) is 0 Å². The molecule has 2 aliphatic heterocycles. The van der Waals surface area contributed by atoms with Crippen LogP contribution in [0.3, 0.4) is 0 Å². The average molecular weight is 208 g/mol. The number of hydrogen-bond acceptors (Lipinski definition) is 2. The molecule has 1 atom stereocenters.